The quantitative estimate of drug-likeness (QED) is 0.0525. The van der Waals surface area contributed by atoms with Gasteiger partial charge in [-0.25, -0.2) is 0 Å². The molecule has 0 saturated carbocycles. The highest BCUT2D eigenvalue weighted by molar-refractivity contribution is 4.79. The lowest BCUT2D eigenvalue weighted by Gasteiger charge is -2.42. The van der Waals surface area contributed by atoms with Gasteiger partial charge in [0.1, 0.15) is 5.41 Å². The fourth-order valence-corrected chi connectivity index (χ4v) is 6.95. The SMILES string of the molecule is CCCCCCCCCCCCCCOCC(COCCCCCCCCCCCCCC)(C[N+](C)(C)C)C[N+](C)(C)C.[I-].[I-]. The summed E-state index contributed by atoms with van der Waals surface area (Å²) in [7, 11) is 13.9. The minimum atomic E-state index is 0. The second-order valence-electron chi connectivity index (χ2n) is 16.3. The van der Waals surface area contributed by atoms with Crippen LogP contribution in [0.2, 0.25) is 0 Å². The van der Waals surface area contributed by atoms with Crippen LogP contribution >= 0.6 is 0 Å². The first kappa shape index (κ1) is 50.7. The lowest BCUT2D eigenvalue weighted by atomic mass is 9.87. The number of hydrogen-bond donors (Lipinski definition) is 0. The van der Waals surface area contributed by atoms with Gasteiger partial charge in [-0.1, -0.05) is 155 Å². The second kappa shape index (κ2) is 33.8. The van der Waals surface area contributed by atoms with E-state index in [1.54, 1.807) is 0 Å². The highest BCUT2D eigenvalue weighted by Gasteiger charge is 2.41. The van der Waals surface area contributed by atoms with Crippen LogP contribution in [-0.2, 0) is 9.47 Å². The Morgan fingerprint density at radius 1 is 0.356 bits per heavy atom. The van der Waals surface area contributed by atoms with Crippen molar-refractivity contribution in [3.63, 3.8) is 0 Å². The minimum Gasteiger partial charge on any atom is -1.00 e. The molecule has 45 heavy (non-hydrogen) atoms. The van der Waals surface area contributed by atoms with Crippen LogP contribution in [0.3, 0.4) is 0 Å². The summed E-state index contributed by atoms with van der Waals surface area (Å²) in [5.74, 6) is 0. The largest absolute Gasteiger partial charge is 1.00 e. The molecule has 0 rings (SSSR count). The van der Waals surface area contributed by atoms with Gasteiger partial charge in [0, 0.05) is 13.2 Å². The Kier molecular flexibility index (Phi) is 38.0. The van der Waals surface area contributed by atoms with Crippen molar-refractivity contribution in [2.75, 3.05) is 81.8 Å². The summed E-state index contributed by atoms with van der Waals surface area (Å²) in [5, 5.41) is 0. The average molecular weight is 867 g/mol. The lowest BCUT2D eigenvalue weighted by molar-refractivity contribution is -0.903. The van der Waals surface area contributed by atoms with Crippen molar-refractivity contribution in [1.82, 2.24) is 0 Å². The van der Waals surface area contributed by atoms with Gasteiger partial charge in [-0.3, -0.25) is 0 Å². The summed E-state index contributed by atoms with van der Waals surface area (Å²) in [6.45, 7) is 10.2. The first-order valence-electron chi connectivity index (χ1n) is 19.3. The normalized spacial score (nSPS) is 12.3. The Hall–Kier alpha value is 1.30. The minimum absolute atomic E-state index is 0. The van der Waals surface area contributed by atoms with E-state index >= 15 is 0 Å². The fraction of sp³-hybridized carbons (Fsp3) is 1.00. The third-order valence-corrected chi connectivity index (χ3v) is 8.72. The molecule has 0 saturated heterocycles. The number of nitrogens with zero attached hydrogens (tertiary/aromatic N) is 2. The molecule has 0 fully saturated rings. The van der Waals surface area contributed by atoms with Crippen LogP contribution in [-0.4, -0.2) is 90.8 Å². The molecular formula is C39H84I2N2O2. The molecule has 0 radical (unpaired) electrons. The fourth-order valence-electron chi connectivity index (χ4n) is 6.95. The van der Waals surface area contributed by atoms with Crippen molar-refractivity contribution in [2.45, 2.75) is 168 Å². The number of unbranched alkanes of at least 4 members (excludes halogenated alkanes) is 22. The molecule has 0 aromatic carbocycles. The van der Waals surface area contributed by atoms with Crippen LogP contribution in [0, 0.1) is 5.41 Å². The van der Waals surface area contributed by atoms with Gasteiger partial charge in [-0.15, -0.1) is 0 Å². The highest BCUT2D eigenvalue weighted by atomic mass is 127. The molecule has 0 N–H and O–H groups in total. The topological polar surface area (TPSA) is 18.5 Å². The summed E-state index contributed by atoms with van der Waals surface area (Å²) >= 11 is 0. The van der Waals surface area contributed by atoms with Crippen LogP contribution in [0.15, 0.2) is 0 Å². The molecule has 0 aliphatic heterocycles. The van der Waals surface area contributed by atoms with E-state index in [0.717, 1.165) is 48.5 Å². The van der Waals surface area contributed by atoms with Crippen LogP contribution < -0.4 is 48.0 Å². The molecule has 0 aliphatic rings. The van der Waals surface area contributed by atoms with Gasteiger partial charge in [-0.2, -0.15) is 0 Å². The zero-order valence-corrected chi connectivity index (χ0v) is 36.5. The number of quaternary nitrogens is 2. The summed E-state index contributed by atoms with van der Waals surface area (Å²) < 4.78 is 14.8. The molecule has 0 bridgehead atoms. The van der Waals surface area contributed by atoms with Crippen molar-refractivity contribution in [2.24, 2.45) is 5.41 Å². The summed E-state index contributed by atoms with van der Waals surface area (Å²) in [5.41, 5.74) is 0.0464. The molecule has 0 aromatic heterocycles. The molecule has 0 aliphatic carbocycles. The monoisotopic (exact) mass is 866 g/mol. The molecule has 4 nitrogen and oxygen atoms in total. The van der Waals surface area contributed by atoms with Gasteiger partial charge in [0.25, 0.3) is 0 Å². The van der Waals surface area contributed by atoms with Gasteiger partial charge in [0.15, 0.2) is 0 Å². The number of hydrogen-bond acceptors (Lipinski definition) is 2. The van der Waals surface area contributed by atoms with Crippen LogP contribution in [0.4, 0.5) is 0 Å². The van der Waals surface area contributed by atoms with Crippen LogP contribution in [0.25, 0.3) is 0 Å². The molecule has 0 amide bonds. The van der Waals surface area contributed by atoms with E-state index in [1.807, 2.05) is 0 Å². The molecule has 0 atom stereocenters. The molecular weight excluding hydrogens is 782 g/mol. The Bertz CT molecular complexity index is 528. The molecule has 0 unspecified atom stereocenters. The zero-order valence-electron chi connectivity index (χ0n) is 32.2. The Morgan fingerprint density at radius 2 is 0.578 bits per heavy atom. The highest BCUT2D eigenvalue weighted by Crippen LogP contribution is 2.26. The smallest absolute Gasteiger partial charge is 0.115 e. The number of halogens is 2. The van der Waals surface area contributed by atoms with Gasteiger partial charge in [-0.05, 0) is 12.8 Å². The standard InChI is InChI=1S/C39H84N2O2.2HI/c1-9-11-13-15-17-19-21-23-25-27-29-31-33-42-37-39(35-40(3,4)5,36-41(6,7)8)38-43-34-32-30-28-26-24-22-20-18-16-14-12-10-2;;/h9-38H2,1-8H3;2*1H/q+2;;/p-2. The van der Waals surface area contributed by atoms with Crippen molar-refractivity contribution < 1.29 is 66.4 Å². The number of ether oxygens (including phenoxy) is 2. The van der Waals surface area contributed by atoms with Crippen molar-refractivity contribution in [3.05, 3.63) is 0 Å². The molecule has 6 heteroatoms. The van der Waals surface area contributed by atoms with Gasteiger partial charge in [0.2, 0.25) is 0 Å². The van der Waals surface area contributed by atoms with Crippen molar-refractivity contribution in [3.8, 4) is 0 Å². The molecule has 276 valence electrons. The van der Waals surface area contributed by atoms with Crippen LogP contribution in [0.1, 0.15) is 168 Å². The Morgan fingerprint density at radius 3 is 0.800 bits per heavy atom. The molecule has 0 spiro atoms. The van der Waals surface area contributed by atoms with Gasteiger partial charge < -0.3 is 66.4 Å². The third-order valence-electron chi connectivity index (χ3n) is 8.72. The van der Waals surface area contributed by atoms with E-state index in [4.69, 9.17) is 9.47 Å². The number of rotatable bonds is 34. The van der Waals surface area contributed by atoms with Gasteiger partial charge >= 0.3 is 0 Å². The molecule has 0 aromatic rings. The first-order chi connectivity index (χ1) is 20.5. The van der Waals surface area contributed by atoms with E-state index in [9.17, 15) is 0 Å². The maximum atomic E-state index is 6.45. The van der Waals surface area contributed by atoms with E-state index in [0.29, 0.717) is 0 Å². The average Bonchev–Trinajstić information content (AvgIpc) is 2.91. The van der Waals surface area contributed by atoms with Crippen LogP contribution in [0.5, 0.6) is 0 Å². The predicted molar refractivity (Wildman–Crippen MR) is 192 cm³/mol. The van der Waals surface area contributed by atoms with E-state index < -0.39 is 0 Å². The summed E-state index contributed by atoms with van der Waals surface area (Å²) in [6, 6.07) is 0. The van der Waals surface area contributed by atoms with E-state index in [-0.39, 0.29) is 53.4 Å². The summed E-state index contributed by atoms with van der Waals surface area (Å²) in [4.78, 5) is 0. The maximum Gasteiger partial charge on any atom is 0.115 e. The van der Waals surface area contributed by atoms with Gasteiger partial charge in [0.05, 0.1) is 68.6 Å². The first-order valence-corrected chi connectivity index (χ1v) is 19.3. The predicted octanol–water partition coefficient (Wildman–Crippen LogP) is 4.83. The zero-order chi connectivity index (χ0) is 32.1. The second-order valence-corrected chi connectivity index (χ2v) is 16.3. The molecule has 0 heterocycles. The summed E-state index contributed by atoms with van der Waals surface area (Å²) in [6.07, 6.45) is 33.3. The third kappa shape index (κ3) is 38.0. The Labute approximate surface area is 319 Å². The maximum absolute atomic E-state index is 6.45. The Balaban J connectivity index is -0.00000882. The van der Waals surface area contributed by atoms with E-state index in [2.05, 4.69) is 56.1 Å². The van der Waals surface area contributed by atoms with E-state index in [1.165, 1.54) is 154 Å². The van der Waals surface area contributed by atoms with Crippen molar-refractivity contribution in [1.29, 1.82) is 0 Å². The lowest BCUT2D eigenvalue weighted by Crippen LogP contribution is -3.00. The van der Waals surface area contributed by atoms with Crippen molar-refractivity contribution >= 4 is 0 Å².